The summed E-state index contributed by atoms with van der Waals surface area (Å²) >= 11 is 1.60. The minimum Gasteiger partial charge on any atom is -0.342 e. The van der Waals surface area contributed by atoms with E-state index >= 15 is 0 Å². The summed E-state index contributed by atoms with van der Waals surface area (Å²) in [4.78, 5) is 23.1. The van der Waals surface area contributed by atoms with Gasteiger partial charge in [0.05, 0.1) is 17.1 Å². The number of aryl methyl sites for hydroxylation is 1. The average Bonchev–Trinajstić information content (AvgIpc) is 2.93. The van der Waals surface area contributed by atoms with Crippen LogP contribution in [0.2, 0.25) is 0 Å². The first-order valence-electron chi connectivity index (χ1n) is 7.32. The first-order chi connectivity index (χ1) is 10.2. The van der Waals surface area contributed by atoms with E-state index < -0.39 is 0 Å². The van der Waals surface area contributed by atoms with Crippen LogP contribution in [-0.2, 0) is 11.2 Å². The number of hydrogen-bond acceptors (Lipinski definition) is 4. The van der Waals surface area contributed by atoms with E-state index in [1.807, 2.05) is 35.5 Å². The van der Waals surface area contributed by atoms with Crippen molar-refractivity contribution in [3.05, 3.63) is 46.2 Å². The Balaban J connectivity index is 1.54. The lowest BCUT2D eigenvalue weighted by molar-refractivity contribution is -0.131. The minimum absolute atomic E-state index is 0.194. The zero-order chi connectivity index (χ0) is 14.7. The Morgan fingerprint density at radius 1 is 1.38 bits per heavy atom. The summed E-state index contributed by atoms with van der Waals surface area (Å²) in [6.45, 7) is 3.61. The second kappa shape index (κ2) is 6.35. The van der Waals surface area contributed by atoms with Crippen molar-refractivity contribution in [3.8, 4) is 0 Å². The van der Waals surface area contributed by atoms with Crippen LogP contribution in [0.5, 0.6) is 0 Å². The summed E-state index contributed by atoms with van der Waals surface area (Å²) in [5.74, 6) is 0.677. The Bertz CT molecular complexity index is 603. The molecule has 0 unspecified atom stereocenters. The van der Waals surface area contributed by atoms with E-state index in [9.17, 15) is 4.79 Å². The molecule has 110 valence electrons. The summed E-state index contributed by atoms with van der Waals surface area (Å²) in [6, 6.07) is 6.06. The molecule has 4 nitrogen and oxygen atoms in total. The van der Waals surface area contributed by atoms with Gasteiger partial charge in [-0.2, -0.15) is 0 Å². The SMILES string of the molecule is Cc1nc(CC(=O)N2CCC(c3ccccn3)CC2)cs1. The van der Waals surface area contributed by atoms with Crippen molar-refractivity contribution in [1.82, 2.24) is 14.9 Å². The number of nitrogens with zero attached hydrogens (tertiary/aromatic N) is 3. The van der Waals surface area contributed by atoms with Crippen molar-refractivity contribution in [2.24, 2.45) is 0 Å². The van der Waals surface area contributed by atoms with Gasteiger partial charge in [-0.25, -0.2) is 4.98 Å². The summed E-state index contributed by atoms with van der Waals surface area (Å²) < 4.78 is 0. The fourth-order valence-electron chi connectivity index (χ4n) is 2.80. The fourth-order valence-corrected chi connectivity index (χ4v) is 3.41. The largest absolute Gasteiger partial charge is 0.342 e. The van der Waals surface area contributed by atoms with Gasteiger partial charge in [0.2, 0.25) is 5.91 Å². The Labute approximate surface area is 128 Å². The van der Waals surface area contributed by atoms with E-state index in [1.165, 1.54) is 0 Å². The molecule has 0 aromatic carbocycles. The summed E-state index contributed by atoms with van der Waals surface area (Å²) in [5.41, 5.74) is 2.05. The molecule has 0 radical (unpaired) electrons. The molecule has 0 bridgehead atoms. The third-order valence-electron chi connectivity index (χ3n) is 3.95. The highest BCUT2D eigenvalue weighted by Crippen LogP contribution is 2.26. The van der Waals surface area contributed by atoms with Crippen molar-refractivity contribution in [2.75, 3.05) is 13.1 Å². The average molecular weight is 301 g/mol. The van der Waals surface area contributed by atoms with Crippen LogP contribution in [0, 0.1) is 6.92 Å². The van der Waals surface area contributed by atoms with Crippen LogP contribution in [0.4, 0.5) is 0 Å². The fraction of sp³-hybridized carbons (Fsp3) is 0.438. The topological polar surface area (TPSA) is 46.1 Å². The van der Waals surface area contributed by atoms with E-state index in [4.69, 9.17) is 0 Å². The van der Waals surface area contributed by atoms with Crippen LogP contribution in [0.3, 0.4) is 0 Å². The van der Waals surface area contributed by atoms with Gasteiger partial charge in [0, 0.05) is 36.3 Å². The Morgan fingerprint density at radius 3 is 2.81 bits per heavy atom. The summed E-state index contributed by atoms with van der Waals surface area (Å²) in [6.07, 6.45) is 4.27. The molecule has 2 aromatic heterocycles. The maximum absolute atomic E-state index is 12.3. The lowest BCUT2D eigenvalue weighted by atomic mass is 9.93. The zero-order valence-electron chi connectivity index (χ0n) is 12.2. The van der Waals surface area contributed by atoms with E-state index in [1.54, 1.807) is 11.3 Å². The second-order valence-corrected chi connectivity index (χ2v) is 6.51. The number of likely N-dealkylation sites (tertiary alicyclic amines) is 1. The number of amides is 1. The number of hydrogen-bond donors (Lipinski definition) is 0. The van der Waals surface area contributed by atoms with Crippen molar-refractivity contribution >= 4 is 17.2 Å². The molecule has 1 amide bonds. The van der Waals surface area contributed by atoms with Crippen molar-refractivity contribution in [3.63, 3.8) is 0 Å². The molecule has 3 heterocycles. The van der Waals surface area contributed by atoms with Crippen LogP contribution in [-0.4, -0.2) is 33.9 Å². The number of pyridine rings is 1. The van der Waals surface area contributed by atoms with Gasteiger partial charge in [0.15, 0.2) is 0 Å². The van der Waals surface area contributed by atoms with Gasteiger partial charge in [0.25, 0.3) is 0 Å². The lowest BCUT2D eigenvalue weighted by Crippen LogP contribution is -2.39. The number of carbonyl (C=O) groups excluding carboxylic acids is 1. The number of piperidine rings is 1. The molecule has 1 saturated heterocycles. The maximum Gasteiger partial charge on any atom is 0.228 e. The van der Waals surface area contributed by atoms with Gasteiger partial charge in [-0.05, 0) is 31.9 Å². The van der Waals surface area contributed by atoms with Crippen LogP contribution in [0.1, 0.15) is 35.2 Å². The lowest BCUT2D eigenvalue weighted by Gasteiger charge is -2.31. The molecule has 2 aromatic rings. The van der Waals surface area contributed by atoms with Gasteiger partial charge in [0.1, 0.15) is 0 Å². The molecule has 5 heteroatoms. The molecule has 1 aliphatic rings. The van der Waals surface area contributed by atoms with Crippen LogP contribution in [0.25, 0.3) is 0 Å². The third-order valence-corrected chi connectivity index (χ3v) is 4.77. The maximum atomic E-state index is 12.3. The molecule has 0 spiro atoms. The number of aromatic nitrogens is 2. The highest BCUT2D eigenvalue weighted by Gasteiger charge is 2.24. The molecular weight excluding hydrogens is 282 g/mol. The van der Waals surface area contributed by atoms with Crippen molar-refractivity contribution < 1.29 is 4.79 Å². The molecule has 1 fully saturated rings. The van der Waals surface area contributed by atoms with Gasteiger partial charge < -0.3 is 4.90 Å². The monoisotopic (exact) mass is 301 g/mol. The van der Waals surface area contributed by atoms with E-state index in [2.05, 4.69) is 16.0 Å². The predicted molar refractivity (Wildman–Crippen MR) is 83.3 cm³/mol. The highest BCUT2D eigenvalue weighted by atomic mass is 32.1. The Kier molecular flexibility index (Phi) is 4.29. The molecule has 0 saturated carbocycles. The summed E-state index contributed by atoms with van der Waals surface area (Å²) in [7, 11) is 0. The van der Waals surface area contributed by atoms with Gasteiger partial charge in [-0.3, -0.25) is 9.78 Å². The minimum atomic E-state index is 0.194. The Morgan fingerprint density at radius 2 is 2.19 bits per heavy atom. The summed E-state index contributed by atoms with van der Waals surface area (Å²) in [5, 5.41) is 3.00. The molecule has 21 heavy (non-hydrogen) atoms. The van der Waals surface area contributed by atoms with Crippen LogP contribution < -0.4 is 0 Å². The first kappa shape index (κ1) is 14.2. The molecule has 0 aliphatic carbocycles. The normalized spacial score (nSPS) is 16.1. The van der Waals surface area contributed by atoms with E-state index in [0.717, 1.165) is 42.3 Å². The number of carbonyl (C=O) groups is 1. The molecular formula is C16H19N3OS. The Hall–Kier alpha value is -1.75. The smallest absolute Gasteiger partial charge is 0.228 e. The predicted octanol–water partition coefficient (Wildman–Crippen LogP) is 2.80. The van der Waals surface area contributed by atoms with Crippen molar-refractivity contribution in [1.29, 1.82) is 0 Å². The van der Waals surface area contributed by atoms with E-state index in [-0.39, 0.29) is 5.91 Å². The molecule has 3 rings (SSSR count). The van der Waals surface area contributed by atoms with Crippen LogP contribution in [0.15, 0.2) is 29.8 Å². The zero-order valence-corrected chi connectivity index (χ0v) is 13.0. The van der Waals surface area contributed by atoms with Gasteiger partial charge >= 0.3 is 0 Å². The van der Waals surface area contributed by atoms with Crippen molar-refractivity contribution in [2.45, 2.75) is 32.1 Å². The van der Waals surface area contributed by atoms with Gasteiger partial charge in [-0.1, -0.05) is 6.07 Å². The number of thiazole rings is 1. The second-order valence-electron chi connectivity index (χ2n) is 5.44. The molecule has 0 atom stereocenters. The van der Waals surface area contributed by atoms with Crippen LogP contribution >= 0.6 is 11.3 Å². The highest BCUT2D eigenvalue weighted by molar-refractivity contribution is 7.09. The third kappa shape index (κ3) is 3.47. The quantitative estimate of drug-likeness (QED) is 0.876. The molecule has 0 N–H and O–H groups in total. The van der Waals surface area contributed by atoms with E-state index in [0.29, 0.717) is 12.3 Å². The first-order valence-corrected chi connectivity index (χ1v) is 8.20. The number of rotatable bonds is 3. The standard InChI is InChI=1S/C16H19N3OS/c1-12-18-14(11-21-12)10-16(20)19-8-5-13(6-9-19)15-4-2-3-7-17-15/h2-4,7,11,13H,5-6,8-10H2,1H3. The molecule has 1 aliphatic heterocycles. The van der Waals surface area contributed by atoms with Gasteiger partial charge in [-0.15, -0.1) is 11.3 Å².